The van der Waals surface area contributed by atoms with E-state index in [2.05, 4.69) is 15.0 Å². The van der Waals surface area contributed by atoms with Gasteiger partial charge in [0, 0.05) is 29.3 Å². The Morgan fingerprint density at radius 2 is 1.74 bits per heavy atom. The van der Waals surface area contributed by atoms with Crippen LogP contribution in [-0.2, 0) is 10.0 Å². The summed E-state index contributed by atoms with van der Waals surface area (Å²) in [6, 6.07) is 18.1. The zero-order valence-corrected chi connectivity index (χ0v) is 16.9. The molecular weight excluding hydrogens is 419 g/mol. The summed E-state index contributed by atoms with van der Waals surface area (Å²) in [7, 11) is -4.07. The zero-order valence-electron chi connectivity index (χ0n) is 16.1. The van der Waals surface area contributed by atoms with E-state index < -0.39 is 21.7 Å². The molecule has 0 aliphatic carbocycles. The second kappa shape index (κ2) is 8.41. The van der Waals surface area contributed by atoms with Gasteiger partial charge in [0.25, 0.3) is 15.9 Å². The van der Waals surface area contributed by atoms with Crippen LogP contribution in [0.25, 0.3) is 5.69 Å². The quantitative estimate of drug-likeness (QED) is 0.477. The molecule has 1 aromatic heterocycles. The lowest BCUT2D eigenvalue weighted by Gasteiger charge is -2.11. The lowest BCUT2D eigenvalue weighted by atomic mass is 10.2. The number of hydrogen-bond donors (Lipinski definition) is 2. The molecule has 31 heavy (non-hydrogen) atoms. The fourth-order valence-electron chi connectivity index (χ4n) is 2.88. The number of carbonyl (C=O) groups is 1. The largest absolute Gasteiger partial charge is 0.322 e. The molecule has 0 spiro atoms. The number of imidazole rings is 1. The van der Waals surface area contributed by atoms with Crippen molar-refractivity contribution >= 4 is 27.3 Å². The summed E-state index contributed by atoms with van der Waals surface area (Å²) in [4.78, 5) is 16.5. The van der Waals surface area contributed by atoms with Crippen molar-refractivity contribution in [3.8, 4) is 5.69 Å². The molecule has 0 bridgehead atoms. The summed E-state index contributed by atoms with van der Waals surface area (Å²) in [5.74, 6) is -1.17. The Labute approximate surface area is 178 Å². The molecule has 7 nitrogen and oxygen atoms in total. The van der Waals surface area contributed by atoms with Gasteiger partial charge in [-0.1, -0.05) is 18.2 Å². The van der Waals surface area contributed by atoms with Crippen molar-refractivity contribution in [2.24, 2.45) is 0 Å². The van der Waals surface area contributed by atoms with Gasteiger partial charge in [-0.2, -0.15) is 0 Å². The molecule has 3 aromatic carbocycles. The van der Waals surface area contributed by atoms with E-state index in [4.69, 9.17) is 0 Å². The highest BCUT2D eigenvalue weighted by Gasteiger charge is 2.18. The van der Waals surface area contributed by atoms with E-state index in [0.717, 1.165) is 11.8 Å². The number of amides is 1. The van der Waals surface area contributed by atoms with Crippen molar-refractivity contribution in [2.45, 2.75) is 4.90 Å². The summed E-state index contributed by atoms with van der Waals surface area (Å²) in [6.45, 7) is 0. The molecule has 0 aliphatic rings. The van der Waals surface area contributed by atoms with Gasteiger partial charge >= 0.3 is 0 Å². The van der Waals surface area contributed by atoms with Crippen molar-refractivity contribution in [3.63, 3.8) is 0 Å². The van der Waals surface area contributed by atoms with Crippen LogP contribution < -0.4 is 10.0 Å². The van der Waals surface area contributed by atoms with Crippen molar-refractivity contribution < 1.29 is 17.6 Å². The monoisotopic (exact) mass is 436 g/mol. The van der Waals surface area contributed by atoms with Crippen molar-refractivity contribution in [1.82, 2.24) is 9.55 Å². The molecule has 1 amide bonds. The average Bonchev–Trinajstić information content (AvgIpc) is 3.31. The maximum absolute atomic E-state index is 13.8. The van der Waals surface area contributed by atoms with Gasteiger partial charge in [0.1, 0.15) is 5.82 Å². The predicted molar refractivity (Wildman–Crippen MR) is 115 cm³/mol. The molecule has 0 unspecified atom stereocenters. The van der Waals surface area contributed by atoms with E-state index in [1.54, 1.807) is 30.9 Å². The summed E-state index contributed by atoms with van der Waals surface area (Å²) < 4.78 is 43.1. The minimum absolute atomic E-state index is 0.148. The van der Waals surface area contributed by atoms with Crippen LogP contribution in [0.1, 0.15) is 10.4 Å². The van der Waals surface area contributed by atoms with Gasteiger partial charge in [0.05, 0.1) is 16.9 Å². The molecule has 4 aromatic rings. The summed E-state index contributed by atoms with van der Waals surface area (Å²) in [6.07, 6.45) is 5.13. The molecule has 0 atom stereocenters. The summed E-state index contributed by atoms with van der Waals surface area (Å²) >= 11 is 0. The van der Waals surface area contributed by atoms with Crippen LogP contribution in [0, 0.1) is 5.82 Å². The van der Waals surface area contributed by atoms with E-state index in [1.165, 1.54) is 42.5 Å². The van der Waals surface area contributed by atoms with Gasteiger partial charge in [-0.25, -0.2) is 17.8 Å². The Hall–Kier alpha value is -3.98. The van der Waals surface area contributed by atoms with Crippen LogP contribution in [0.2, 0.25) is 0 Å². The Morgan fingerprint density at radius 3 is 2.45 bits per heavy atom. The third-order valence-electron chi connectivity index (χ3n) is 4.45. The van der Waals surface area contributed by atoms with Gasteiger partial charge < -0.3 is 9.88 Å². The van der Waals surface area contributed by atoms with Gasteiger partial charge in [-0.3, -0.25) is 9.52 Å². The number of nitrogens with zero attached hydrogens (tertiary/aromatic N) is 2. The smallest absolute Gasteiger partial charge is 0.262 e. The first-order chi connectivity index (χ1) is 14.9. The minimum atomic E-state index is -4.07. The molecule has 0 saturated carbocycles. The second-order valence-corrected chi connectivity index (χ2v) is 8.27. The number of halogens is 1. The lowest BCUT2D eigenvalue weighted by molar-refractivity contribution is 0.102. The minimum Gasteiger partial charge on any atom is -0.322 e. The Balaban J connectivity index is 1.51. The first-order valence-corrected chi connectivity index (χ1v) is 10.7. The van der Waals surface area contributed by atoms with E-state index in [1.807, 2.05) is 16.7 Å². The maximum Gasteiger partial charge on any atom is 0.262 e. The molecule has 4 rings (SSSR count). The molecule has 0 aliphatic heterocycles. The normalized spacial score (nSPS) is 11.1. The first kappa shape index (κ1) is 20.3. The van der Waals surface area contributed by atoms with E-state index >= 15 is 0 Å². The molecule has 0 radical (unpaired) electrons. The molecule has 0 saturated heterocycles. The third kappa shape index (κ3) is 4.62. The Morgan fingerprint density at radius 1 is 0.968 bits per heavy atom. The Bertz CT molecular complexity index is 1320. The fourth-order valence-corrected chi connectivity index (χ4v) is 4.00. The molecule has 0 fully saturated rings. The van der Waals surface area contributed by atoms with Gasteiger partial charge in [-0.15, -0.1) is 0 Å². The maximum atomic E-state index is 13.8. The second-order valence-electron chi connectivity index (χ2n) is 6.58. The molecular formula is C22H17FN4O3S. The lowest BCUT2D eigenvalue weighted by Crippen LogP contribution is -2.16. The summed E-state index contributed by atoms with van der Waals surface area (Å²) in [5.41, 5.74) is 1.40. The number of para-hydroxylation sites is 1. The SMILES string of the molecule is O=C(Nc1ccc(-n2ccnc2)cc1)c1cccc(S(=O)(=O)Nc2ccccc2F)c1. The molecule has 9 heteroatoms. The number of sulfonamides is 1. The van der Waals surface area contributed by atoms with Crippen LogP contribution in [0.4, 0.5) is 15.8 Å². The highest BCUT2D eigenvalue weighted by Crippen LogP contribution is 2.20. The van der Waals surface area contributed by atoms with Gasteiger partial charge in [-0.05, 0) is 54.6 Å². The van der Waals surface area contributed by atoms with Gasteiger partial charge in [0.15, 0.2) is 0 Å². The van der Waals surface area contributed by atoms with Crippen LogP contribution >= 0.6 is 0 Å². The highest BCUT2D eigenvalue weighted by molar-refractivity contribution is 7.92. The number of anilines is 2. The van der Waals surface area contributed by atoms with E-state index in [0.29, 0.717) is 5.69 Å². The van der Waals surface area contributed by atoms with Crippen molar-refractivity contribution in [1.29, 1.82) is 0 Å². The molecule has 2 N–H and O–H groups in total. The standard InChI is InChI=1S/C22H17FN4O3S/c23-20-6-1-2-7-21(20)26-31(29,30)19-5-3-4-16(14-19)22(28)25-17-8-10-18(11-9-17)27-13-12-24-15-27/h1-15,26H,(H,25,28). The average molecular weight is 436 g/mol. The fraction of sp³-hybridized carbons (Fsp3) is 0. The Kier molecular flexibility index (Phi) is 5.50. The number of rotatable bonds is 6. The predicted octanol–water partition coefficient (Wildman–Crippen LogP) is 4.06. The summed E-state index contributed by atoms with van der Waals surface area (Å²) in [5, 5.41) is 2.73. The van der Waals surface area contributed by atoms with Crippen LogP contribution in [0.15, 0.2) is 96.4 Å². The number of benzene rings is 3. The topological polar surface area (TPSA) is 93.1 Å². The number of aromatic nitrogens is 2. The van der Waals surface area contributed by atoms with Crippen LogP contribution in [0.3, 0.4) is 0 Å². The van der Waals surface area contributed by atoms with Crippen molar-refractivity contribution in [3.05, 3.63) is 103 Å². The van der Waals surface area contributed by atoms with E-state index in [-0.39, 0.29) is 16.1 Å². The van der Waals surface area contributed by atoms with Gasteiger partial charge in [0.2, 0.25) is 0 Å². The zero-order chi connectivity index (χ0) is 21.8. The molecule has 1 heterocycles. The first-order valence-electron chi connectivity index (χ1n) is 9.19. The number of hydrogen-bond acceptors (Lipinski definition) is 4. The molecule has 156 valence electrons. The number of carbonyl (C=O) groups excluding carboxylic acids is 1. The van der Waals surface area contributed by atoms with Crippen molar-refractivity contribution in [2.75, 3.05) is 10.0 Å². The van der Waals surface area contributed by atoms with E-state index in [9.17, 15) is 17.6 Å². The number of nitrogens with one attached hydrogen (secondary N) is 2. The third-order valence-corrected chi connectivity index (χ3v) is 5.82. The van der Waals surface area contributed by atoms with Crippen LogP contribution in [-0.4, -0.2) is 23.9 Å². The van der Waals surface area contributed by atoms with Crippen LogP contribution in [0.5, 0.6) is 0 Å². The highest BCUT2D eigenvalue weighted by atomic mass is 32.2.